The number of carboxylic acids is 1. The van der Waals surface area contributed by atoms with Crippen LogP contribution in [0.3, 0.4) is 0 Å². The Morgan fingerprint density at radius 3 is 2.21 bits per heavy atom. The first kappa shape index (κ1) is 10.2. The van der Waals surface area contributed by atoms with E-state index in [4.69, 9.17) is 14.6 Å². The van der Waals surface area contributed by atoms with Crippen molar-refractivity contribution in [1.82, 2.24) is 0 Å². The molecule has 0 amide bonds. The normalized spacial score (nSPS) is 9.57. The number of benzene rings is 1. The van der Waals surface area contributed by atoms with Gasteiger partial charge in [0.2, 0.25) is 0 Å². The van der Waals surface area contributed by atoms with Crippen molar-refractivity contribution < 1.29 is 24.5 Å². The maximum atomic E-state index is 11.2. The van der Waals surface area contributed by atoms with Crippen molar-refractivity contribution >= 4 is 5.97 Å². The van der Waals surface area contributed by atoms with Gasteiger partial charge in [0.05, 0.1) is 19.8 Å². The highest BCUT2D eigenvalue weighted by Gasteiger charge is 2.10. The lowest BCUT2D eigenvalue weighted by Crippen LogP contribution is -2.05. The third kappa shape index (κ3) is 1.71. The van der Waals surface area contributed by atoms with Gasteiger partial charge < -0.3 is 19.7 Å². The third-order valence-corrected chi connectivity index (χ3v) is 1.72. The van der Waals surface area contributed by atoms with Crippen molar-refractivity contribution in [2.75, 3.05) is 14.2 Å². The zero-order chi connectivity index (χ0) is 10.7. The quantitative estimate of drug-likeness (QED) is 0.762. The predicted molar refractivity (Wildman–Crippen MR) is 46.0 cm³/mol. The number of carboxylic acid groups (broad SMARTS) is 1. The first-order valence-corrected chi connectivity index (χ1v) is 3.76. The van der Waals surface area contributed by atoms with Gasteiger partial charge in [-0.25, -0.2) is 4.79 Å². The highest BCUT2D eigenvalue weighted by molar-refractivity contribution is 5.91. The van der Waals surface area contributed by atoms with E-state index in [1.54, 1.807) is 0 Å². The average molecular weight is 197 g/mol. The number of hydrogen-bond donors (Lipinski definition) is 1. The van der Waals surface area contributed by atoms with E-state index < -0.39 is 11.7 Å². The van der Waals surface area contributed by atoms with Gasteiger partial charge in [-0.1, -0.05) is 5.75 Å². The van der Waals surface area contributed by atoms with Crippen LogP contribution in [0.25, 0.3) is 0 Å². The zero-order valence-electron chi connectivity index (χ0n) is 7.73. The SMILES string of the molecule is COc1cc([O-])c(C(=O)O)cc1OC. The lowest BCUT2D eigenvalue weighted by molar-refractivity contribution is -0.268. The Hall–Kier alpha value is -1.91. The molecule has 76 valence electrons. The van der Waals surface area contributed by atoms with Gasteiger partial charge in [0, 0.05) is 0 Å². The Labute approximate surface area is 80.5 Å². The second-order valence-electron chi connectivity index (χ2n) is 2.51. The summed E-state index contributed by atoms with van der Waals surface area (Å²) in [4.78, 5) is 10.6. The van der Waals surface area contributed by atoms with Gasteiger partial charge in [-0.15, -0.1) is 0 Å². The molecule has 0 radical (unpaired) electrons. The summed E-state index contributed by atoms with van der Waals surface area (Å²) in [6.07, 6.45) is 0. The van der Waals surface area contributed by atoms with Gasteiger partial charge in [0.1, 0.15) is 0 Å². The molecule has 0 fully saturated rings. The fraction of sp³-hybridized carbons (Fsp3) is 0.222. The molecule has 0 unspecified atom stereocenters. The van der Waals surface area contributed by atoms with E-state index in [1.807, 2.05) is 0 Å². The Bertz CT molecular complexity index is 358. The summed E-state index contributed by atoms with van der Waals surface area (Å²) in [5.41, 5.74) is -0.331. The van der Waals surface area contributed by atoms with Crippen LogP contribution >= 0.6 is 0 Å². The van der Waals surface area contributed by atoms with Crippen LogP contribution in [0.15, 0.2) is 12.1 Å². The molecule has 14 heavy (non-hydrogen) atoms. The number of methoxy groups -OCH3 is 2. The summed E-state index contributed by atoms with van der Waals surface area (Å²) < 4.78 is 9.69. The topological polar surface area (TPSA) is 78.8 Å². The number of ether oxygens (including phenoxy) is 2. The molecule has 0 aliphatic heterocycles. The maximum absolute atomic E-state index is 11.2. The van der Waals surface area contributed by atoms with Gasteiger partial charge in [-0.3, -0.25) is 0 Å². The minimum atomic E-state index is -1.28. The summed E-state index contributed by atoms with van der Waals surface area (Å²) in [5.74, 6) is -1.43. The highest BCUT2D eigenvalue weighted by Crippen LogP contribution is 2.32. The molecule has 0 saturated carbocycles. The first-order chi connectivity index (χ1) is 6.60. The summed E-state index contributed by atoms with van der Waals surface area (Å²) >= 11 is 0. The van der Waals surface area contributed by atoms with E-state index in [2.05, 4.69) is 0 Å². The average Bonchev–Trinajstić information content (AvgIpc) is 2.16. The van der Waals surface area contributed by atoms with E-state index in [1.165, 1.54) is 14.2 Å². The Kier molecular flexibility index (Phi) is 2.81. The molecule has 0 heterocycles. The lowest BCUT2D eigenvalue weighted by atomic mass is 10.2. The van der Waals surface area contributed by atoms with Gasteiger partial charge in [-0.2, -0.15) is 0 Å². The van der Waals surface area contributed by atoms with Crippen LogP contribution < -0.4 is 14.6 Å². The molecule has 0 aliphatic carbocycles. The second-order valence-corrected chi connectivity index (χ2v) is 2.51. The molecule has 0 spiro atoms. The van der Waals surface area contributed by atoms with Crippen LogP contribution in [-0.2, 0) is 0 Å². The molecule has 0 aromatic heterocycles. The summed E-state index contributed by atoms with van der Waals surface area (Å²) in [6, 6.07) is 2.23. The Morgan fingerprint density at radius 2 is 1.79 bits per heavy atom. The van der Waals surface area contributed by atoms with Crippen LogP contribution in [-0.4, -0.2) is 25.3 Å². The molecule has 0 saturated heterocycles. The van der Waals surface area contributed by atoms with Crippen molar-refractivity contribution in [1.29, 1.82) is 0 Å². The van der Waals surface area contributed by atoms with Gasteiger partial charge in [0.15, 0.2) is 11.5 Å². The van der Waals surface area contributed by atoms with Crippen LogP contribution in [0.2, 0.25) is 0 Å². The Balaban J connectivity index is 3.30. The number of carbonyl (C=O) groups is 1. The molecule has 1 N–H and O–H groups in total. The molecular weight excluding hydrogens is 188 g/mol. The van der Waals surface area contributed by atoms with E-state index in [0.29, 0.717) is 0 Å². The largest absolute Gasteiger partial charge is 0.872 e. The fourth-order valence-electron chi connectivity index (χ4n) is 1.03. The lowest BCUT2D eigenvalue weighted by Gasteiger charge is -2.14. The number of hydrogen-bond acceptors (Lipinski definition) is 4. The first-order valence-electron chi connectivity index (χ1n) is 3.76. The van der Waals surface area contributed by atoms with Crippen molar-refractivity contribution in [2.45, 2.75) is 0 Å². The van der Waals surface area contributed by atoms with Crippen molar-refractivity contribution in [2.24, 2.45) is 0 Å². The summed E-state index contributed by atoms with van der Waals surface area (Å²) in [7, 11) is 2.74. The second kappa shape index (κ2) is 3.87. The van der Waals surface area contributed by atoms with Gasteiger partial charge >= 0.3 is 5.97 Å². The van der Waals surface area contributed by atoms with Crippen molar-refractivity contribution in [3.8, 4) is 17.2 Å². The van der Waals surface area contributed by atoms with E-state index in [-0.39, 0.29) is 17.1 Å². The van der Waals surface area contributed by atoms with E-state index in [9.17, 15) is 9.90 Å². The van der Waals surface area contributed by atoms with Crippen LogP contribution in [0, 0.1) is 0 Å². The monoisotopic (exact) mass is 197 g/mol. The molecular formula is C9H9O5-. The highest BCUT2D eigenvalue weighted by atomic mass is 16.5. The predicted octanol–water partition coefficient (Wildman–Crippen LogP) is 0.476. The molecule has 0 atom stereocenters. The Morgan fingerprint density at radius 1 is 1.29 bits per heavy atom. The van der Waals surface area contributed by atoms with Crippen LogP contribution in [0.4, 0.5) is 0 Å². The van der Waals surface area contributed by atoms with Crippen molar-refractivity contribution in [3.05, 3.63) is 17.7 Å². The molecule has 1 rings (SSSR count). The minimum absolute atomic E-state index is 0.225. The van der Waals surface area contributed by atoms with E-state index >= 15 is 0 Å². The molecule has 0 bridgehead atoms. The fourth-order valence-corrected chi connectivity index (χ4v) is 1.03. The third-order valence-electron chi connectivity index (χ3n) is 1.72. The van der Waals surface area contributed by atoms with Crippen molar-refractivity contribution in [3.63, 3.8) is 0 Å². The zero-order valence-corrected chi connectivity index (χ0v) is 7.73. The smallest absolute Gasteiger partial charge is 0.335 e. The molecule has 5 heteroatoms. The minimum Gasteiger partial charge on any atom is -0.872 e. The summed E-state index contributed by atoms with van der Waals surface area (Å²) in [5, 5.41) is 19.8. The van der Waals surface area contributed by atoms with Crippen LogP contribution in [0.5, 0.6) is 17.2 Å². The standard InChI is InChI=1S/C9H10O5/c1-13-7-3-5(9(11)12)6(10)4-8(7)14-2/h3-4,10H,1-2H3,(H,11,12)/p-1. The maximum Gasteiger partial charge on any atom is 0.335 e. The van der Waals surface area contributed by atoms with E-state index in [0.717, 1.165) is 12.1 Å². The molecule has 1 aromatic rings. The van der Waals surface area contributed by atoms with Crippen LogP contribution in [0.1, 0.15) is 10.4 Å². The van der Waals surface area contributed by atoms with Gasteiger partial charge in [0.25, 0.3) is 0 Å². The van der Waals surface area contributed by atoms with Gasteiger partial charge in [-0.05, 0) is 12.1 Å². The molecule has 1 aromatic carbocycles. The molecule has 5 nitrogen and oxygen atoms in total. The number of aromatic carboxylic acids is 1. The molecule has 0 aliphatic rings. The summed E-state index contributed by atoms with van der Waals surface area (Å²) in [6.45, 7) is 0. The number of rotatable bonds is 3.